The lowest BCUT2D eigenvalue weighted by molar-refractivity contribution is 0.605. The van der Waals surface area contributed by atoms with E-state index >= 15 is 0 Å². The predicted molar refractivity (Wildman–Crippen MR) is 76.1 cm³/mol. The molecule has 5 heteroatoms. The Balaban J connectivity index is 2.34. The van der Waals surface area contributed by atoms with Gasteiger partial charge in [0.1, 0.15) is 5.82 Å². The lowest BCUT2D eigenvalue weighted by Crippen LogP contribution is -2.05. The van der Waals surface area contributed by atoms with Crippen molar-refractivity contribution >= 4 is 17.2 Å². The van der Waals surface area contributed by atoms with Crippen molar-refractivity contribution in [3.05, 3.63) is 35.3 Å². The van der Waals surface area contributed by atoms with E-state index < -0.39 is 0 Å². The highest BCUT2D eigenvalue weighted by molar-refractivity contribution is 5.71. The van der Waals surface area contributed by atoms with Crippen LogP contribution in [0.25, 0.3) is 0 Å². The van der Waals surface area contributed by atoms with Gasteiger partial charge in [-0.05, 0) is 44.0 Å². The molecule has 1 aromatic carbocycles. The Kier molecular flexibility index (Phi) is 3.74. The number of aromatic nitrogens is 2. The van der Waals surface area contributed by atoms with Crippen LogP contribution in [0.1, 0.15) is 24.6 Å². The fourth-order valence-corrected chi connectivity index (χ4v) is 1.96. The van der Waals surface area contributed by atoms with Crippen molar-refractivity contribution in [2.24, 2.45) is 0 Å². The van der Waals surface area contributed by atoms with E-state index in [0.29, 0.717) is 11.3 Å². The highest BCUT2D eigenvalue weighted by Gasteiger charge is 2.12. The molecular weight excluding hydrogens is 243 g/mol. The summed E-state index contributed by atoms with van der Waals surface area (Å²) in [6, 6.07) is 4.90. The number of benzene rings is 1. The molecule has 19 heavy (non-hydrogen) atoms. The zero-order chi connectivity index (χ0) is 14.0. The normalized spacial score (nSPS) is 10.7. The van der Waals surface area contributed by atoms with Gasteiger partial charge in [0.2, 0.25) is 0 Å². The van der Waals surface area contributed by atoms with Crippen LogP contribution in [0.5, 0.6) is 0 Å². The summed E-state index contributed by atoms with van der Waals surface area (Å²) in [4.78, 5) is 0. The van der Waals surface area contributed by atoms with Gasteiger partial charge in [-0.1, -0.05) is 6.92 Å². The quantitative estimate of drug-likeness (QED) is 0.888. The Morgan fingerprint density at radius 2 is 2.11 bits per heavy atom. The van der Waals surface area contributed by atoms with Crippen molar-refractivity contribution in [2.45, 2.75) is 33.7 Å². The van der Waals surface area contributed by atoms with Gasteiger partial charge in [0.25, 0.3) is 0 Å². The summed E-state index contributed by atoms with van der Waals surface area (Å²) in [6.45, 7) is 6.49. The molecule has 0 saturated heterocycles. The largest absolute Gasteiger partial charge is 0.394 e. The highest BCUT2D eigenvalue weighted by Crippen LogP contribution is 2.27. The highest BCUT2D eigenvalue weighted by atomic mass is 19.1. The van der Waals surface area contributed by atoms with E-state index in [0.717, 1.165) is 30.2 Å². The van der Waals surface area contributed by atoms with Gasteiger partial charge < -0.3 is 11.1 Å². The van der Waals surface area contributed by atoms with E-state index in [2.05, 4.69) is 17.3 Å². The molecule has 0 aliphatic heterocycles. The third-order valence-electron chi connectivity index (χ3n) is 3.03. The van der Waals surface area contributed by atoms with Crippen LogP contribution in [-0.2, 0) is 6.54 Å². The van der Waals surface area contributed by atoms with Crippen LogP contribution in [0.3, 0.4) is 0 Å². The summed E-state index contributed by atoms with van der Waals surface area (Å²) in [5, 5.41) is 7.61. The molecule has 0 atom stereocenters. The van der Waals surface area contributed by atoms with Crippen LogP contribution < -0.4 is 11.1 Å². The molecule has 0 fully saturated rings. The maximum atomic E-state index is 13.3. The van der Waals surface area contributed by atoms with Crippen LogP contribution in [0.4, 0.5) is 21.6 Å². The predicted octanol–water partition coefficient (Wildman–Crippen LogP) is 3.37. The zero-order valence-corrected chi connectivity index (χ0v) is 11.5. The van der Waals surface area contributed by atoms with Crippen molar-refractivity contribution in [3.63, 3.8) is 0 Å². The third kappa shape index (κ3) is 2.70. The molecule has 4 nitrogen and oxygen atoms in total. The number of nitrogens with two attached hydrogens (primary N) is 1. The molecule has 0 saturated carbocycles. The summed E-state index contributed by atoms with van der Waals surface area (Å²) < 4.78 is 15.1. The molecule has 2 rings (SSSR count). The minimum Gasteiger partial charge on any atom is -0.394 e. The fourth-order valence-electron chi connectivity index (χ4n) is 1.96. The number of hydrogen-bond donors (Lipinski definition) is 2. The van der Waals surface area contributed by atoms with Crippen molar-refractivity contribution in [1.29, 1.82) is 0 Å². The van der Waals surface area contributed by atoms with E-state index in [9.17, 15) is 4.39 Å². The Morgan fingerprint density at radius 1 is 1.37 bits per heavy atom. The second-order valence-electron chi connectivity index (χ2n) is 4.66. The van der Waals surface area contributed by atoms with E-state index in [1.807, 2.05) is 11.6 Å². The van der Waals surface area contributed by atoms with Crippen LogP contribution in [-0.4, -0.2) is 9.78 Å². The van der Waals surface area contributed by atoms with Crippen molar-refractivity contribution < 1.29 is 4.39 Å². The number of nitrogen functional groups attached to an aromatic ring is 1. The number of anilines is 3. The van der Waals surface area contributed by atoms with E-state index in [1.165, 1.54) is 6.07 Å². The van der Waals surface area contributed by atoms with Gasteiger partial charge in [0.15, 0.2) is 5.82 Å². The molecule has 0 amide bonds. The van der Waals surface area contributed by atoms with Gasteiger partial charge in [0, 0.05) is 12.2 Å². The average Bonchev–Trinajstić information content (AvgIpc) is 2.62. The Morgan fingerprint density at radius 3 is 2.74 bits per heavy atom. The maximum Gasteiger partial charge on any atom is 0.152 e. The first-order chi connectivity index (χ1) is 9.02. The minimum atomic E-state index is -0.211. The summed E-state index contributed by atoms with van der Waals surface area (Å²) in [5.41, 5.74) is 8.87. The lowest BCUT2D eigenvalue weighted by Gasteiger charge is -2.11. The zero-order valence-electron chi connectivity index (χ0n) is 11.5. The van der Waals surface area contributed by atoms with Gasteiger partial charge in [0.05, 0.1) is 11.4 Å². The number of rotatable bonds is 4. The monoisotopic (exact) mass is 262 g/mol. The maximum absolute atomic E-state index is 13.3. The number of aryl methyl sites for hydroxylation is 3. The van der Waals surface area contributed by atoms with Gasteiger partial charge >= 0.3 is 0 Å². The minimum absolute atomic E-state index is 0.211. The van der Waals surface area contributed by atoms with Gasteiger partial charge in [-0.2, -0.15) is 5.10 Å². The van der Waals surface area contributed by atoms with Crippen molar-refractivity contribution in [1.82, 2.24) is 9.78 Å². The smallest absolute Gasteiger partial charge is 0.152 e. The van der Waals surface area contributed by atoms with Crippen LogP contribution in [0.15, 0.2) is 18.2 Å². The van der Waals surface area contributed by atoms with E-state index in [4.69, 9.17) is 5.73 Å². The molecule has 0 radical (unpaired) electrons. The SMILES string of the molecule is CCCn1nc(C)c(N)c1Nc1ccc(F)c(C)c1. The summed E-state index contributed by atoms with van der Waals surface area (Å²) >= 11 is 0. The van der Waals surface area contributed by atoms with Crippen LogP contribution in [0, 0.1) is 19.7 Å². The first kappa shape index (κ1) is 13.4. The number of halogens is 1. The van der Waals surface area contributed by atoms with E-state index in [1.54, 1.807) is 19.1 Å². The van der Waals surface area contributed by atoms with Crippen molar-refractivity contribution in [2.75, 3.05) is 11.1 Å². The molecule has 3 N–H and O–H groups in total. The van der Waals surface area contributed by atoms with Crippen molar-refractivity contribution in [3.8, 4) is 0 Å². The number of nitrogens with one attached hydrogen (secondary N) is 1. The lowest BCUT2D eigenvalue weighted by atomic mass is 10.2. The van der Waals surface area contributed by atoms with Gasteiger partial charge in [-0.3, -0.25) is 0 Å². The molecule has 1 heterocycles. The third-order valence-corrected chi connectivity index (χ3v) is 3.03. The standard InChI is InChI=1S/C14H19FN4/c1-4-7-19-14(13(16)10(3)18-19)17-11-5-6-12(15)9(2)8-11/h5-6,8,17H,4,7,16H2,1-3H3. The molecule has 0 unspecified atom stereocenters. The molecule has 1 aromatic heterocycles. The fraction of sp³-hybridized carbons (Fsp3) is 0.357. The van der Waals surface area contributed by atoms with Crippen LogP contribution in [0.2, 0.25) is 0 Å². The molecule has 2 aromatic rings. The first-order valence-corrected chi connectivity index (χ1v) is 6.39. The molecular formula is C14H19FN4. The molecule has 0 aliphatic carbocycles. The summed E-state index contributed by atoms with van der Waals surface area (Å²) in [5.74, 6) is 0.558. The Hall–Kier alpha value is -2.04. The summed E-state index contributed by atoms with van der Waals surface area (Å²) in [7, 11) is 0. The second kappa shape index (κ2) is 5.30. The Bertz CT molecular complexity index is 589. The summed E-state index contributed by atoms with van der Waals surface area (Å²) in [6.07, 6.45) is 0.970. The number of hydrogen-bond acceptors (Lipinski definition) is 3. The molecule has 0 bridgehead atoms. The average molecular weight is 262 g/mol. The second-order valence-corrected chi connectivity index (χ2v) is 4.66. The molecule has 0 spiro atoms. The molecule has 102 valence electrons. The van der Waals surface area contributed by atoms with Crippen LogP contribution >= 0.6 is 0 Å². The van der Waals surface area contributed by atoms with Gasteiger partial charge in [-0.25, -0.2) is 9.07 Å². The Labute approximate surface area is 112 Å². The number of nitrogens with zero attached hydrogens (tertiary/aromatic N) is 2. The first-order valence-electron chi connectivity index (χ1n) is 6.39. The molecule has 0 aliphatic rings. The topological polar surface area (TPSA) is 55.9 Å². The van der Waals surface area contributed by atoms with Gasteiger partial charge in [-0.15, -0.1) is 0 Å². The van der Waals surface area contributed by atoms with E-state index in [-0.39, 0.29) is 5.82 Å².